The largest absolute Gasteiger partial charge is 0.454 e. The summed E-state index contributed by atoms with van der Waals surface area (Å²) in [5, 5.41) is 3.06. The van der Waals surface area contributed by atoms with Gasteiger partial charge in [-0.2, -0.15) is 11.8 Å². The Kier molecular flexibility index (Phi) is 7.77. The van der Waals surface area contributed by atoms with E-state index in [0.717, 1.165) is 17.7 Å². The number of nitrogens with zero attached hydrogens (tertiary/aromatic N) is 1. The number of ether oxygens (including phenoxy) is 1. The number of rotatable bonds is 8. The van der Waals surface area contributed by atoms with Gasteiger partial charge in [-0.25, -0.2) is 4.79 Å². The van der Waals surface area contributed by atoms with Crippen LogP contribution in [0.5, 0.6) is 0 Å². The lowest BCUT2D eigenvalue weighted by atomic mass is 9.81. The van der Waals surface area contributed by atoms with E-state index in [1.807, 2.05) is 6.26 Å². The fourth-order valence-corrected chi connectivity index (χ4v) is 4.72. The van der Waals surface area contributed by atoms with Crippen LogP contribution in [0.4, 0.5) is 5.69 Å². The maximum absolute atomic E-state index is 12.9. The molecule has 1 saturated carbocycles. The van der Waals surface area contributed by atoms with Crippen LogP contribution < -0.4 is 5.32 Å². The molecule has 0 spiro atoms. The van der Waals surface area contributed by atoms with Crippen LogP contribution >= 0.6 is 23.4 Å². The SMILES string of the molecule is CSCCC(C(=O)OCC(=O)Nc1cccc(Cl)c1)N1C(=O)C2CCCCC2C1=O. The van der Waals surface area contributed by atoms with E-state index in [2.05, 4.69) is 5.32 Å². The van der Waals surface area contributed by atoms with Gasteiger partial charge < -0.3 is 10.1 Å². The summed E-state index contributed by atoms with van der Waals surface area (Å²) in [7, 11) is 0. The normalized spacial score (nSPS) is 21.9. The van der Waals surface area contributed by atoms with Crippen LogP contribution in [0.3, 0.4) is 0 Å². The van der Waals surface area contributed by atoms with Crippen molar-refractivity contribution in [1.29, 1.82) is 0 Å². The van der Waals surface area contributed by atoms with Gasteiger partial charge in [0, 0.05) is 10.7 Å². The average molecular weight is 453 g/mol. The zero-order valence-electron chi connectivity index (χ0n) is 16.8. The van der Waals surface area contributed by atoms with Gasteiger partial charge in [-0.15, -0.1) is 0 Å². The topological polar surface area (TPSA) is 92.8 Å². The third-order valence-corrected chi connectivity index (χ3v) is 6.39. The molecule has 7 nitrogen and oxygen atoms in total. The Hall–Kier alpha value is -2.06. The number of carbonyl (C=O) groups is 4. The van der Waals surface area contributed by atoms with E-state index in [4.69, 9.17) is 16.3 Å². The predicted molar refractivity (Wildman–Crippen MR) is 115 cm³/mol. The monoisotopic (exact) mass is 452 g/mol. The molecule has 1 saturated heterocycles. The van der Waals surface area contributed by atoms with Crippen molar-refractivity contribution >= 4 is 52.7 Å². The van der Waals surface area contributed by atoms with Crippen LogP contribution in [0.15, 0.2) is 24.3 Å². The maximum Gasteiger partial charge on any atom is 0.329 e. The van der Waals surface area contributed by atoms with Gasteiger partial charge in [0.15, 0.2) is 6.61 Å². The highest BCUT2D eigenvalue weighted by atomic mass is 35.5. The molecule has 1 aromatic carbocycles. The summed E-state index contributed by atoms with van der Waals surface area (Å²) in [6.45, 7) is -0.510. The van der Waals surface area contributed by atoms with Crippen LogP contribution in [0.2, 0.25) is 5.02 Å². The predicted octanol–water partition coefficient (Wildman–Crippen LogP) is 3.12. The zero-order chi connectivity index (χ0) is 21.7. The lowest BCUT2D eigenvalue weighted by Gasteiger charge is -2.25. The number of anilines is 1. The molecule has 1 aliphatic carbocycles. The summed E-state index contributed by atoms with van der Waals surface area (Å²) in [5.41, 5.74) is 0.483. The molecule has 30 heavy (non-hydrogen) atoms. The number of thioether (sulfide) groups is 1. The van der Waals surface area contributed by atoms with Gasteiger partial charge in [0.1, 0.15) is 6.04 Å². The molecule has 3 amide bonds. The summed E-state index contributed by atoms with van der Waals surface area (Å²) in [6.07, 6.45) is 5.37. The lowest BCUT2D eigenvalue weighted by molar-refractivity contribution is -0.160. The number of hydrogen-bond acceptors (Lipinski definition) is 6. The van der Waals surface area contributed by atoms with E-state index >= 15 is 0 Å². The summed E-state index contributed by atoms with van der Waals surface area (Å²) in [6, 6.07) is 5.60. The average Bonchev–Trinajstić information content (AvgIpc) is 2.98. The molecule has 0 radical (unpaired) electrons. The molecule has 162 valence electrons. The molecule has 1 heterocycles. The summed E-state index contributed by atoms with van der Waals surface area (Å²) in [4.78, 5) is 51.7. The van der Waals surface area contributed by atoms with E-state index < -0.39 is 24.5 Å². The maximum atomic E-state index is 12.9. The van der Waals surface area contributed by atoms with Crippen molar-refractivity contribution in [2.45, 2.75) is 38.1 Å². The molecule has 1 N–H and O–H groups in total. The van der Waals surface area contributed by atoms with Gasteiger partial charge in [-0.1, -0.05) is 30.5 Å². The third kappa shape index (κ3) is 5.16. The fourth-order valence-electron chi connectivity index (χ4n) is 4.07. The summed E-state index contributed by atoms with van der Waals surface area (Å²) in [5.74, 6) is -1.90. The standard InChI is InChI=1S/C21H25ClN2O5S/c1-30-10-9-17(24-19(26)15-7-2-3-8-16(15)20(24)27)21(28)29-12-18(25)23-14-6-4-5-13(22)11-14/h4-6,11,15-17H,2-3,7-10,12H2,1H3,(H,23,25). The molecular formula is C21H25ClN2O5S. The summed E-state index contributed by atoms with van der Waals surface area (Å²) < 4.78 is 5.19. The van der Waals surface area contributed by atoms with Crippen LogP contribution in [0.25, 0.3) is 0 Å². The quantitative estimate of drug-likeness (QED) is 0.481. The van der Waals surface area contributed by atoms with Crippen molar-refractivity contribution in [2.75, 3.05) is 23.9 Å². The Morgan fingerprint density at radius 3 is 2.50 bits per heavy atom. The minimum Gasteiger partial charge on any atom is -0.454 e. The van der Waals surface area contributed by atoms with Crippen LogP contribution in [-0.2, 0) is 23.9 Å². The second-order valence-electron chi connectivity index (χ2n) is 7.51. The molecule has 1 aromatic rings. The highest BCUT2D eigenvalue weighted by Gasteiger charge is 2.52. The van der Waals surface area contributed by atoms with Gasteiger partial charge in [0.2, 0.25) is 11.8 Å². The number of benzene rings is 1. The Morgan fingerprint density at radius 1 is 1.23 bits per heavy atom. The number of imide groups is 1. The van der Waals surface area contributed by atoms with Gasteiger partial charge in [-0.3, -0.25) is 19.3 Å². The van der Waals surface area contributed by atoms with Crippen LogP contribution in [-0.4, -0.2) is 53.2 Å². The van der Waals surface area contributed by atoms with Crippen molar-refractivity contribution < 1.29 is 23.9 Å². The second kappa shape index (κ2) is 10.3. The van der Waals surface area contributed by atoms with Gasteiger partial charge in [0.05, 0.1) is 11.8 Å². The van der Waals surface area contributed by atoms with E-state index in [-0.39, 0.29) is 23.7 Å². The van der Waals surface area contributed by atoms with Crippen molar-refractivity contribution in [3.05, 3.63) is 29.3 Å². The Morgan fingerprint density at radius 2 is 1.90 bits per heavy atom. The number of halogens is 1. The van der Waals surface area contributed by atoms with Gasteiger partial charge >= 0.3 is 5.97 Å². The summed E-state index contributed by atoms with van der Waals surface area (Å²) >= 11 is 7.40. The zero-order valence-corrected chi connectivity index (χ0v) is 18.3. The molecule has 2 aliphatic rings. The second-order valence-corrected chi connectivity index (χ2v) is 8.93. The van der Waals surface area contributed by atoms with Crippen molar-refractivity contribution in [1.82, 2.24) is 4.90 Å². The van der Waals surface area contributed by atoms with Crippen LogP contribution in [0.1, 0.15) is 32.1 Å². The van der Waals surface area contributed by atoms with E-state index in [0.29, 0.717) is 35.7 Å². The first-order valence-corrected chi connectivity index (χ1v) is 11.8. The number of hydrogen-bond donors (Lipinski definition) is 1. The van der Waals surface area contributed by atoms with Crippen molar-refractivity contribution in [3.8, 4) is 0 Å². The molecule has 0 bridgehead atoms. The Bertz CT molecular complexity index is 809. The first-order valence-electron chi connectivity index (χ1n) is 10.00. The highest BCUT2D eigenvalue weighted by molar-refractivity contribution is 7.98. The van der Waals surface area contributed by atoms with Gasteiger partial charge in [-0.05, 0) is 49.5 Å². The molecular weight excluding hydrogens is 428 g/mol. The van der Waals surface area contributed by atoms with Crippen LogP contribution in [0, 0.1) is 11.8 Å². The molecule has 2 fully saturated rings. The third-order valence-electron chi connectivity index (χ3n) is 5.51. The highest BCUT2D eigenvalue weighted by Crippen LogP contribution is 2.39. The molecule has 9 heteroatoms. The van der Waals surface area contributed by atoms with E-state index in [9.17, 15) is 19.2 Å². The molecule has 1 aliphatic heterocycles. The number of esters is 1. The Labute approximate surface area is 184 Å². The Balaban J connectivity index is 1.64. The molecule has 3 unspecified atom stereocenters. The number of nitrogens with one attached hydrogen (secondary N) is 1. The number of likely N-dealkylation sites (tertiary alicyclic amines) is 1. The molecule has 0 aromatic heterocycles. The smallest absolute Gasteiger partial charge is 0.329 e. The number of fused-ring (bicyclic) bond motifs is 1. The first-order chi connectivity index (χ1) is 14.4. The molecule has 3 atom stereocenters. The molecule has 3 rings (SSSR count). The minimum absolute atomic E-state index is 0.281. The van der Waals surface area contributed by atoms with E-state index in [1.54, 1.807) is 24.3 Å². The number of amides is 3. The van der Waals surface area contributed by atoms with Crippen molar-refractivity contribution in [3.63, 3.8) is 0 Å². The fraction of sp³-hybridized carbons (Fsp3) is 0.524. The minimum atomic E-state index is -0.998. The first kappa shape index (κ1) is 22.6. The van der Waals surface area contributed by atoms with Gasteiger partial charge in [0.25, 0.3) is 5.91 Å². The van der Waals surface area contributed by atoms with Crippen molar-refractivity contribution in [2.24, 2.45) is 11.8 Å². The number of carbonyl (C=O) groups excluding carboxylic acids is 4. The van der Waals surface area contributed by atoms with E-state index in [1.165, 1.54) is 11.8 Å². The lowest BCUT2D eigenvalue weighted by Crippen LogP contribution is -2.47.